The van der Waals surface area contributed by atoms with Crippen LogP contribution in [0.1, 0.15) is 28.8 Å². The Morgan fingerprint density at radius 3 is 2.65 bits per heavy atom. The van der Waals surface area contributed by atoms with Gasteiger partial charge in [-0.05, 0) is 37.0 Å². The van der Waals surface area contributed by atoms with Crippen LogP contribution in [-0.4, -0.2) is 17.8 Å². The Labute approximate surface area is 127 Å². The summed E-state index contributed by atoms with van der Waals surface area (Å²) in [6, 6.07) is 3.46. The van der Waals surface area contributed by atoms with Gasteiger partial charge in [-0.2, -0.15) is 13.2 Å². The summed E-state index contributed by atoms with van der Waals surface area (Å²) in [6.07, 6.45) is -2.56. The molecule has 0 spiro atoms. The lowest BCUT2D eigenvalue weighted by molar-refractivity contribution is -0.138. The standard InChI is InChI=1S/C13H12BrClF3NO/c14-8-3-4-9(10(5-8)13(16,17)18)12(20)19-6-11(15)7-1-2-7/h3-5,7,11H,1-2,6H2,(H,19,20). The van der Waals surface area contributed by atoms with Crippen LogP contribution in [0, 0.1) is 5.92 Å². The van der Waals surface area contributed by atoms with Crippen molar-refractivity contribution in [2.45, 2.75) is 24.4 Å². The van der Waals surface area contributed by atoms with Crippen LogP contribution in [0.25, 0.3) is 0 Å². The molecule has 7 heteroatoms. The van der Waals surface area contributed by atoms with Crippen LogP contribution in [0.4, 0.5) is 13.2 Å². The first kappa shape index (κ1) is 15.6. The second-order valence-corrected chi connectivity index (χ2v) is 6.23. The van der Waals surface area contributed by atoms with Crippen molar-refractivity contribution in [3.63, 3.8) is 0 Å². The van der Waals surface area contributed by atoms with Crippen LogP contribution in [0.2, 0.25) is 0 Å². The molecule has 1 fully saturated rings. The third-order valence-electron chi connectivity index (χ3n) is 3.12. The number of nitrogens with one attached hydrogen (secondary N) is 1. The van der Waals surface area contributed by atoms with E-state index in [1.54, 1.807) is 0 Å². The first-order chi connectivity index (χ1) is 9.29. The normalized spacial score (nSPS) is 16.9. The molecular weight excluding hydrogens is 358 g/mol. The average molecular weight is 371 g/mol. The second-order valence-electron chi connectivity index (χ2n) is 4.75. The van der Waals surface area contributed by atoms with E-state index in [0.29, 0.717) is 5.92 Å². The van der Waals surface area contributed by atoms with Crippen molar-refractivity contribution in [1.82, 2.24) is 5.32 Å². The lowest BCUT2D eigenvalue weighted by Gasteiger charge is -2.14. The zero-order chi connectivity index (χ0) is 14.9. The zero-order valence-electron chi connectivity index (χ0n) is 10.3. The van der Waals surface area contributed by atoms with Crippen molar-refractivity contribution >= 4 is 33.4 Å². The average Bonchev–Trinajstić information content (AvgIpc) is 3.18. The minimum atomic E-state index is -4.58. The van der Waals surface area contributed by atoms with Crippen molar-refractivity contribution in [2.75, 3.05) is 6.54 Å². The SMILES string of the molecule is O=C(NCC(Cl)C1CC1)c1ccc(Br)cc1C(F)(F)F. The number of carbonyl (C=O) groups is 1. The molecule has 1 unspecified atom stereocenters. The largest absolute Gasteiger partial charge is 0.417 e. The van der Waals surface area contributed by atoms with E-state index in [2.05, 4.69) is 21.2 Å². The first-order valence-corrected chi connectivity index (χ1v) is 7.31. The molecule has 0 aliphatic heterocycles. The molecule has 0 heterocycles. The van der Waals surface area contributed by atoms with Crippen molar-refractivity contribution in [3.8, 4) is 0 Å². The molecule has 1 aromatic rings. The Kier molecular flexibility index (Phi) is 4.64. The summed E-state index contributed by atoms with van der Waals surface area (Å²) in [5, 5.41) is 2.25. The van der Waals surface area contributed by atoms with Crippen molar-refractivity contribution < 1.29 is 18.0 Å². The Bertz CT molecular complexity index is 517. The maximum absolute atomic E-state index is 12.9. The molecule has 0 bridgehead atoms. The number of hydrogen-bond donors (Lipinski definition) is 1. The fourth-order valence-electron chi connectivity index (χ4n) is 1.86. The van der Waals surface area contributed by atoms with E-state index in [9.17, 15) is 18.0 Å². The third-order valence-corrected chi connectivity index (χ3v) is 4.13. The maximum Gasteiger partial charge on any atom is 0.417 e. The number of rotatable bonds is 4. The van der Waals surface area contributed by atoms with Crippen LogP contribution >= 0.6 is 27.5 Å². The summed E-state index contributed by atoms with van der Waals surface area (Å²) in [7, 11) is 0. The molecule has 1 amide bonds. The van der Waals surface area contributed by atoms with E-state index in [-0.39, 0.29) is 22.0 Å². The highest BCUT2D eigenvalue weighted by Gasteiger charge is 2.36. The van der Waals surface area contributed by atoms with Crippen molar-refractivity contribution in [1.29, 1.82) is 0 Å². The van der Waals surface area contributed by atoms with Gasteiger partial charge in [0.05, 0.1) is 16.5 Å². The highest BCUT2D eigenvalue weighted by atomic mass is 79.9. The van der Waals surface area contributed by atoms with E-state index in [0.717, 1.165) is 25.0 Å². The van der Waals surface area contributed by atoms with Crippen LogP contribution in [0.5, 0.6) is 0 Å². The summed E-state index contributed by atoms with van der Waals surface area (Å²) >= 11 is 8.99. The summed E-state index contributed by atoms with van der Waals surface area (Å²) in [4.78, 5) is 11.9. The minimum Gasteiger partial charge on any atom is -0.351 e. The van der Waals surface area contributed by atoms with Crippen LogP contribution in [0.3, 0.4) is 0 Å². The monoisotopic (exact) mass is 369 g/mol. The zero-order valence-corrected chi connectivity index (χ0v) is 12.6. The summed E-state index contributed by atoms with van der Waals surface area (Å²) in [5.41, 5.74) is -1.35. The molecule has 2 rings (SSSR count). The van der Waals surface area contributed by atoms with Gasteiger partial charge in [0.1, 0.15) is 0 Å². The van der Waals surface area contributed by atoms with Gasteiger partial charge >= 0.3 is 6.18 Å². The lowest BCUT2D eigenvalue weighted by Crippen LogP contribution is -2.32. The molecular formula is C13H12BrClF3NO. The Morgan fingerprint density at radius 1 is 1.45 bits per heavy atom. The van der Waals surface area contributed by atoms with Crippen LogP contribution < -0.4 is 5.32 Å². The van der Waals surface area contributed by atoms with E-state index in [4.69, 9.17) is 11.6 Å². The topological polar surface area (TPSA) is 29.1 Å². The highest BCUT2D eigenvalue weighted by Crippen LogP contribution is 2.36. The van der Waals surface area contributed by atoms with E-state index < -0.39 is 17.6 Å². The van der Waals surface area contributed by atoms with Gasteiger partial charge in [0.25, 0.3) is 5.91 Å². The molecule has 0 radical (unpaired) electrons. The molecule has 1 aliphatic rings. The quantitative estimate of drug-likeness (QED) is 0.790. The number of halogens is 5. The van der Waals surface area contributed by atoms with Gasteiger partial charge in [-0.25, -0.2) is 0 Å². The van der Waals surface area contributed by atoms with E-state index >= 15 is 0 Å². The maximum atomic E-state index is 12.9. The molecule has 2 nitrogen and oxygen atoms in total. The number of hydrogen-bond acceptors (Lipinski definition) is 1. The first-order valence-electron chi connectivity index (χ1n) is 6.08. The van der Waals surface area contributed by atoms with E-state index in [1.807, 2.05) is 0 Å². The van der Waals surface area contributed by atoms with Gasteiger partial charge in [-0.3, -0.25) is 4.79 Å². The predicted octanol–water partition coefficient (Wildman–Crippen LogP) is 4.22. The fraction of sp³-hybridized carbons (Fsp3) is 0.462. The molecule has 1 aromatic carbocycles. The third kappa shape index (κ3) is 3.88. The fourth-order valence-corrected chi connectivity index (χ4v) is 2.55. The van der Waals surface area contributed by atoms with Crippen LogP contribution in [-0.2, 0) is 6.18 Å². The molecule has 0 saturated heterocycles. The Morgan fingerprint density at radius 2 is 2.10 bits per heavy atom. The van der Waals surface area contributed by atoms with E-state index in [1.165, 1.54) is 6.07 Å². The number of carbonyl (C=O) groups excluding carboxylic acids is 1. The number of benzene rings is 1. The summed E-state index contributed by atoms with van der Waals surface area (Å²) < 4.78 is 39.0. The predicted molar refractivity (Wildman–Crippen MR) is 73.8 cm³/mol. The molecule has 1 aliphatic carbocycles. The molecule has 0 aromatic heterocycles. The van der Waals surface area contributed by atoms with Gasteiger partial charge in [0.15, 0.2) is 0 Å². The molecule has 1 atom stereocenters. The lowest BCUT2D eigenvalue weighted by atomic mass is 10.1. The summed E-state index contributed by atoms with van der Waals surface area (Å²) in [5.74, 6) is -0.389. The molecule has 110 valence electrons. The number of alkyl halides is 4. The van der Waals surface area contributed by atoms with Gasteiger partial charge in [0, 0.05) is 11.0 Å². The molecule has 20 heavy (non-hydrogen) atoms. The highest BCUT2D eigenvalue weighted by molar-refractivity contribution is 9.10. The van der Waals surface area contributed by atoms with Gasteiger partial charge < -0.3 is 5.32 Å². The number of amides is 1. The molecule has 1 saturated carbocycles. The van der Waals surface area contributed by atoms with Crippen molar-refractivity contribution in [3.05, 3.63) is 33.8 Å². The Balaban J connectivity index is 2.12. The minimum absolute atomic E-state index is 0.179. The molecule has 1 N–H and O–H groups in total. The van der Waals surface area contributed by atoms with Gasteiger partial charge in [-0.1, -0.05) is 15.9 Å². The summed E-state index contributed by atoms with van der Waals surface area (Å²) in [6.45, 7) is 0.179. The van der Waals surface area contributed by atoms with Gasteiger partial charge in [-0.15, -0.1) is 11.6 Å². The Hall–Kier alpha value is -0.750. The smallest absolute Gasteiger partial charge is 0.351 e. The second kappa shape index (κ2) is 5.93. The van der Waals surface area contributed by atoms with Gasteiger partial charge in [0.2, 0.25) is 0 Å². The van der Waals surface area contributed by atoms with Crippen molar-refractivity contribution in [2.24, 2.45) is 5.92 Å². The van der Waals surface area contributed by atoms with Crippen LogP contribution in [0.15, 0.2) is 22.7 Å².